The van der Waals surface area contributed by atoms with Gasteiger partial charge in [0.15, 0.2) is 0 Å². The number of nitrogens with one attached hydrogen (secondary N) is 1. The molecule has 1 aliphatic rings. The number of hydrogen-bond acceptors (Lipinski definition) is 5. The molecule has 0 spiro atoms. The quantitative estimate of drug-likeness (QED) is 0.879. The molecule has 1 fully saturated rings. The molecule has 0 amide bonds. The number of rotatable bonds is 5. The molecule has 0 saturated carbocycles. The van der Waals surface area contributed by atoms with Crippen LogP contribution < -0.4 is 5.32 Å². The third-order valence-corrected chi connectivity index (χ3v) is 3.15. The van der Waals surface area contributed by atoms with Gasteiger partial charge in [0.05, 0.1) is 19.3 Å². The largest absolute Gasteiger partial charge is 0.376 e. The van der Waals surface area contributed by atoms with E-state index < -0.39 is 0 Å². The molecular formula is C14H24N4O. The average Bonchev–Trinajstić information content (AvgIpc) is 2.35. The lowest BCUT2D eigenvalue weighted by molar-refractivity contribution is -0.0220. The molecule has 1 N–H and O–H groups in total. The fourth-order valence-electron chi connectivity index (χ4n) is 2.28. The van der Waals surface area contributed by atoms with Gasteiger partial charge in [-0.15, -0.1) is 0 Å². The third kappa shape index (κ3) is 4.44. The highest BCUT2D eigenvalue weighted by Crippen LogP contribution is 2.11. The van der Waals surface area contributed by atoms with Crippen LogP contribution in [0.25, 0.3) is 0 Å². The highest BCUT2D eigenvalue weighted by molar-refractivity contribution is 5.35. The molecule has 1 aliphatic heterocycles. The molecule has 0 aromatic carbocycles. The monoisotopic (exact) mass is 264 g/mol. The van der Waals surface area contributed by atoms with Crippen LogP contribution in [0.5, 0.6) is 0 Å². The number of nitrogens with zero attached hydrogens (tertiary/aromatic N) is 3. The van der Waals surface area contributed by atoms with E-state index in [-0.39, 0.29) is 0 Å². The van der Waals surface area contributed by atoms with E-state index in [0.717, 1.165) is 56.5 Å². The van der Waals surface area contributed by atoms with E-state index in [9.17, 15) is 0 Å². The maximum Gasteiger partial charge on any atom is 0.144 e. The molecule has 1 aromatic rings. The van der Waals surface area contributed by atoms with Gasteiger partial charge >= 0.3 is 0 Å². The maximum atomic E-state index is 5.55. The van der Waals surface area contributed by atoms with Gasteiger partial charge < -0.3 is 10.1 Å². The summed E-state index contributed by atoms with van der Waals surface area (Å²) in [4.78, 5) is 11.5. The molecule has 1 unspecified atom stereocenters. The standard InChI is InChI=1S/C14H24N4O/c1-4-5-15-13-8-11(2)16-14(17-13)10-18-6-7-19-12(3)9-18/h8,12H,4-7,9-10H2,1-3H3,(H,15,16,17). The van der Waals surface area contributed by atoms with Crippen LogP contribution in [-0.4, -0.2) is 47.2 Å². The molecule has 5 heteroatoms. The summed E-state index contributed by atoms with van der Waals surface area (Å²) in [7, 11) is 0. The number of ether oxygens (including phenoxy) is 1. The molecular weight excluding hydrogens is 240 g/mol. The van der Waals surface area contributed by atoms with E-state index in [1.54, 1.807) is 0 Å². The second kappa shape index (κ2) is 6.82. The number of aromatic nitrogens is 2. The van der Waals surface area contributed by atoms with E-state index in [1.807, 2.05) is 13.0 Å². The van der Waals surface area contributed by atoms with Gasteiger partial charge in [-0.1, -0.05) is 6.92 Å². The van der Waals surface area contributed by atoms with Crippen LogP contribution in [0.2, 0.25) is 0 Å². The van der Waals surface area contributed by atoms with E-state index in [1.165, 1.54) is 0 Å². The minimum atomic E-state index is 0.302. The lowest BCUT2D eigenvalue weighted by Gasteiger charge is -2.30. The molecule has 1 saturated heterocycles. The van der Waals surface area contributed by atoms with Crippen LogP contribution in [-0.2, 0) is 11.3 Å². The van der Waals surface area contributed by atoms with Gasteiger partial charge in [-0.2, -0.15) is 0 Å². The first kappa shape index (κ1) is 14.2. The molecule has 106 valence electrons. The normalized spacial score (nSPS) is 20.5. The van der Waals surface area contributed by atoms with Crippen LogP contribution in [0, 0.1) is 6.92 Å². The Morgan fingerprint density at radius 3 is 3.05 bits per heavy atom. The van der Waals surface area contributed by atoms with E-state index >= 15 is 0 Å². The van der Waals surface area contributed by atoms with Gasteiger partial charge in [-0.05, 0) is 20.3 Å². The summed E-state index contributed by atoms with van der Waals surface area (Å²) in [5, 5.41) is 3.33. The zero-order chi connectivity index (χ0) is 13.7. The Balaban J connectivity index is 2.00. The Labute approximate surface area is 115 Å². The SMILES string of the molecule is CCCNc1cc(C)nc(CN2CCOC(C)C2)n1. The Kier molecular flexibility index (Phi) is 5.10. The zero-order valence-corrected chi connectivity index (χ0v) is 12.1. The first-order valence-corrected chi connectivity index (χ1v) is 7.09. The van der Waals surface area contributed by atoms with Gasteiger partial charge in [0, 0.05) is 31.4 Å². The molecule has 0 bridgehead atoms. The minimum Gasteiger partial charge on any atom is -0.376 e. The van der Waals surface area contributed by atoms with Crippen LogP contribution in [0.3, 0.4) is 0 Å². The topological polar surface area (TPSA) is 50.3 Å². The van der Waals surface area contributed by atoms with Crippen molar-refractivity contribution in [3.63, 3.8) is 0 Å². The highest BCUT2D eigenvalue weighted by Gasteiger charge is 2.17. The first-order chi connectivity index (χ1) is 9.17. The summed E-state index contributed by atoms with van der Waals surface area (Å²) in [5.41, 5.74) is 1.02. The smallest absolute Gasteiger partial charge is 0.144 e. The van der Waals surface area contributed by atoms with Crippen LogP contribution in [0.4, 0.5) is 5.82 Å². The first-order valence-electron chi connectivity index (χ1n) is 7.09. The third-order valence-electron chi connectivity index (χ3n) is 3.15. The van der Waals surface area contributed by atoms with Crippen LogP contribution in [0.15, 0.2) is 6.07 Å². The Hall–Kier alpha value is -1.20. The fraction of sp³-hybridized carbons (Fsp3) is 0.714. The molecule has 19 heavy (non-hydrogen) atoms. The van der Waals surface area contributed by atoms with E-state index in [4.69, 9.17) is 4.74 Å². The fourth-order valence-corrected chi connectivity index (χ4v) is 2.28. The number of aryl methyl sites for hydroxylation is 1. The second-order valence-electron chi connectivity index (χ2n) is 5.15. The van der Waals surface area contributed by atoms with Gasteiger partial charge in [-0.3, -0.25) is 4.90 Å². The Morgan fingerprint density at radius 1 is 1.47 bits per heavy atom. The average molecular weight is 264 g/mol. The van der Waals surface area contributed by atoms with Crippen molar-refractivity contribution >= 4 is 5.82 Å². The molecule has 0 aliphatic carbocycles. The van der Waals surface area contributed by atoms with Crippen molar-refractivity contribution < 1.29 is 4.74 Å². The predicted octanol–water partition coefficient (Wildman–Crippen LogP) is 1.83. The Bertz CT molecular complexity index is 410. The van der Waals surface area contributed by atoms with Crippen molar-refractivity contribution in [1.29, 1.82) is 0 Å². The van der Waals surface area contributed by atoms with E-state index in [0.29, 0.717) is 6.10 Å². The summed E-state index contributed by atoms with van der Waals surface area (Å²) < 4.78 is 5.55. The summed E-state index contributed by atoms with van der Waals surface area (Å²) in [5.74, 6) is 1.83. The van der Waals surface area contributed by atoms with Crippen LogP contribution >= 0.6 is 0 Å². The zero-order valence-electron chi connectivity index (χ0n) is 12.1. The van der Waals surface area contributed by atoms with E-state index in [2.05, 4.69) is 34.0 Å². The molecule has 2 heterocycles. The lowest BCUT2D eigenvalue weighted by atomic mass is 10.3. The molecule has 2 rings (SSSR count). The van der Waals surface area contributed by atoms with Crippen molar-refractivity contribution in [3.8, 4) is 0 Å². The summed E-state index contributed by atoms with van der Waals surface area (Å²) in [6, 6.07) is 2.00. The lowest BCUT2D eigenvalue weighted by Crippen LogP contribution is -2.40. The molecule has 1 aromatic heterocycles. The molecule has 1 atom stereocenters. The number of morpholine rings is 1. The van der Waals surface area contributed by atoms with Crippen molar-refractivity contribution in [3.05, 3.63) is 17.6 Å². The molecule has 0 radical (unpaired) electrons. The highest BCUT2D eigenvalue weighted by atomic mass is 16.5. The summed E-state index contributed by atoms with van der Waals surface area (Å²) >= 11 is 0. The van der Waals surface area contributed by atoms with Gasteiger partial charge in [0.1, 0.15) is 11.6 Å². The predicted molar refractivity (Wildman–Crippen MR) is 76.2 cm³/mol. The number of hydrogen-bond donors (Lipinski definition) is 1. The maximum absolute atomic E-state index is 5.55. The van der Waals surface area contributed by atoms with Gasteiger partial charge in [-0.25, -0.2) is 9.97 Å². The van der Waals surface area contributed by atoms with Gasteiger partial charge in [0.2, 0.25) is 0 Å². The summed E-state index contributed by atoms with van der Waals surface area (Å²) in [6.45, 7) is 10.7. The van der Waals surface area contributed by atoms with Crippen LogP contribution in [0.1, 0.15) is 31.8 Å². The minimum absolute atomic E-state index is 0.302. The van der Waals surface area contributed by atoms with Gasteiger partial charge in [0.25, 0.3) is 0 Å². The second-order valence-corrected chi connectivity index (χ2v) is 5.15. The van der Waals surface area contributed by atoms with Crippen molar-refractivity contribution in [2.75, 3.05) is 31.6 Å². The molecule has 5 nitrogen and oxygen atoms in total. The summed E-state index contributed by atoms with van der Waals surface area (Å²) in [6.07, 6.45) is 1.40. The van der Waals surface area contributed by atoms with Crippen molar-refractivity contribution in [1.82, 2.24) is 14.9 Å². The van der Waals surface area contributed by atoms with Crippen molar-refractivity contribution in [2.45, 2.75) is 39.8 Å². The van der Waals surface area contributed by atoms with Crippen molar-refractivity contribution in [2.24, 2.45) is 0 Å². The Morgan fingerprint density at radius 2 is 2.32 bits per heavy atom. The number of anilines is 1.